The van der Waals surface area contributed by atoms with Crippen molar-refractivity contribution in [2.75, 3.05) is 12.4 Å². The summed E-state index contributed by atoms with van der Waals surface area (Å²) in [6.45, 7) is 6.23. The van der Waals surface area contributed by atoms with Crippen molar-refractivity contribution in [3.05, 3.63) is 82.2 Å². The maximum atomic E-state index is 13.6. The fraction of sp³-hybridized carbons (Fsp3) is 0.286. The van der Waals surface area contributed by atoms with E-state index in [0.717, 1.165) is 55.7 Å². The Labute approximate surface area is 212 Å². The SMILES string of the molecule is COC(=O)c1ccc([C@@H]2C3=C(CC(C)(C)CC3=O)Nc3c2c(C)nn3-c2nc3ccccc3s2)cc1. The van der Waals surface area contributed by atoms with Gasteiger partial charge in [0.1, 0.15) is 5.82 Å². The first-order valence-corrected chi connectivity index (χ1v) is 12.7. The minimum Gasteiger partial charge on any atom is -0.465 e. The third-order valence-electron chi connectivity index (χ3n) is 7.00. The Kier molecular flexibility index (Phi) is 5.12. The van der Waals surface area contributed by atoms with Crippen LogP contribution in [-0.2, 0) is 9.53 Å². The van der Waals surface area contributed by atoms with Crippen molar-refractivity contribution in [3.63, 3.8) is 0 Å². The molecule has 0 saturated heterocycles. The minimum absolute atomic E-state index is 0.143. The number of hydrogen-bond acceptors (Lipinski definition) is 7. The Morgan fingerprint density at radius 2 is 1.89 bits per heavy atom. The van der Waals surface area contributed by atoms with E-state index in [1.165, 1.54) is 7.11 Å². The molecule has 1 N–H and O–H groups in total. The van der Waals surface area contributed by atoms with Crippen LogP contribution in [0.25, 0.3) is 15.3 Å². The Hall–Kier alpha value is -3.78. The van der Waals surface area contributed by atoms with Gasteiger partial charge in [-0.15, -0.1) is 0 Å². The number of ketones is 1. The average Bonchev–Trinajstić information content (AvgIpc) is 3.42. The Balaban J connectivity index is 1.55. The molecule has 6 rings (SSSR count). The van der Waals surface area contributed by atoms with Crippen LogP contribution in [0.3, 0.4) is 0 Å². The number of nitrogens with one attached hydrogen (secondary N) is 1. The summed E-state index contributed by atoms with van der Waals surface area (Å²) in [5, 5.41) is 9.29. The maximum Gasteiger partial charge on any atom is 0.337 e. The second kappa shape index (κ2) is 8.13. The quantitative estimate of drug-likeness (QED) is 0.361. The summed E-state index contributed by atoms with van der Waals surface area (Å²) in [6, 6.07) is 15.4. The van der Waals surface area contributed by atoms with Crippen LogP contribution in [0.5, 0.6) is 0 Å². The van der Waals surface area contributed by atoms with E-state index in [1.54, 1.807) is 23.5 Å². The summed E-state index contributed by atoms with van der Waals surface area (Å²) >= 11 is 1.59. The monoisotopic (exact) mass is 498 g/mol. The number of methoxy groups -OCH3 is 1. The molecule has 0 unspecified atom stereocenters. The van der Waals surface area contributed by atoms with E-state index in [4.69, 9.17) is 14.8 Å². The molecule has 1 aliphatic carbocycles. The number of hydrogen-bond donors (Lipinski definition) is 1. The first-order valence-electron chi connectivity index (χ1n) is 11.9. The van der Waals surface area contributed by atoms with E-state index in [1.807, 2.05) is 41.9 Å². The van der Waals surface area contributed by atoms with Gasteiger partial charge in [0.15, 0.2) is 5.78 Å². The first kappa shape index (κ1) is 22.7. The molecular formula is C28H26N4O3S. The lowest BCUT2D eigenvalue weighted by Crippen LogP contribution is -2.34. The van der Waals surface area contributed by atoms with Gasteiger partial charge < -0.3 is 10.1 Å². The van der Waals surface area contributed by atoms with Crippen LogP contribution in [0.1, 0.15) is 59.8 Å². The zero-order chi connectivity index (χ0) is 25.2. The number of rotatable bonds is 3. The highest BCUT2D eigenvalue weighted by molar-refractivity contribution is 7.20. The summed E-state index contributed by atoms with van der Waals surface area (Å²) in [5.41, 5.74) is 5.73. The third kappa shape index (κ3) is 3.55. The molecule has 0 radical (unpaired) electrons. The van der Waals surface area contributed by atoms with Gasteiger partial charge in [-0.05, 0) is 48.6 Å². The van der Waals surface area contributed by atoms with Gasteiger partial charge in [0.2, 0.25) is 5.13 Å². The van der Waals surface area contributed by atoms with Gasteiger partial charge in [0, 0.05) is 29.2 Å². The van der Waals surface area contributed by atoms with Crippen molar-refractivity contribution in [3.8, 4) is 5.13 Å². The number of aromatic nitrogens is 3. The lowest BCUT2D eigenvalue weighted by Gasteiger charge is -2.38. The molecule has 1 atom stereocenters. The molecule has 0 bridgehead atoms. The van der Waals surface area contributed by atoms with E-state index < -0.39 is 0 Å². The zero-order valence-electron chi connectivity index (χ0n) is 20.6. The van der Waals surface area contributed by atoms with Crippen molar-refractivity contribution in [2.24, 2.45) is 5.41 Å². The number of esters is 1. The molecule has 0 saturated carbocycles. The van der Waals surface area contributed by atoms with Gasteiger partial charge >= 0.3 is 5.97 Å². The minimum atomic E-state index is -0.386. The van der Waals surface area contributed by atoms with Crippen LogP contribution in [0.4, 0.5) is 5.82 Å². The van der Waals surface area contributed by atoms with Crippen molar-refractivity contribution < 1.29 is 14.3 Å². The van der Waals surface area contributed by atoms with Crippen molar-refractivity contribution in [2.45, 2.75) is 39.5 Å². The van der Waals surface area contributed by atoms with Crippen LogP contribution in [-0.4, -0.2) is 33.6 Å². The fourth-order valence-electron chi connectivity index (χ4n) is 5.43. The average molecular weight is 499 g/mol. The Morgan fingerprint density at radius 1 is 1.14 bits per heavy atom. The first-order chi connectivity index (χ1) is 17.3. The number of thiazole rings is 1. The second-order valence-corrected chi connectivity index (χ2v) is 11.2. The number of ether oxygens (including phenoxy) is 1. The van der Waals surface area contributed by atoms with Gasteiger partial charge in [-0.1, -0.05) is 49.4 Å². The zero-order valence-corrected chi connectivity index (χ0v) is 21.4. The van der Waals surface area contributed by atoms with Crippen molar-refractivity contribution >= 4 is 39.1 Å². The van der Waals surface area contributed by atoms with Gasteiger partial charge in [0.05, 0.1) is 28.6 Å². The normalized spacial score (nSPS) is 18.6. The summed E-state index contributed by atoms with van der Waals surface area (Å²) in [7, 11) is 1.37. The predicted molar refractivity (Wildman–Crippen MR) is 140 cm³/mol. The van der Waals surface area contributed by atoms with E-state index >= 15 is 0 Å². The fourth-order valence-corrected chi connectivity index (χ4v) is 6.35. The van der Waals surface area contributed by atoms with Gasteiger partial charge in [-0.3, -0.25) is 4.79 Å². The largest absolute Gasteiger partial charge is 0.465 e. The molecule has 2 aromatic carbocycles. The smallest absolute Gasteiger partial charge is 0.337 e. The van der Waals surface area contributed by atoms with Crippen LogP contribution in [0, 0.1) is 12.3 Å². The molecule has 4 aromatic rings. The second-order valence-electron chi connectivity index (χ2n) is 10.2. The highest BCUT2D eigenvalue weighted by Gasteiger charge is 2.43. The highest BCUT2D eigenvalue weighted by atomic mass is 32.1. The molecule has 7 nitrogen and oxygen atoms in total. The molecule has 0 spiro atoms. The number of para-hydroxylation sites is 1. The standard InChI is InChI=1S/C28H26N4O3S/c1-15-22-23(16-9-11-17(12-10-16)26(34)35-4)24-19(13-28(2,3)14-20(24)33)29-25(22)32(31-15)27-30-18-7-5-6-8-21(18)36-27/h5-12,23,29H,13-14H2,1-4H3/t23-/m0/s1. The summed E-state index contributed by atoms with van der Waals surface area (Å²) in [4.78, 5) is 30.4. The maximum absolute atomic E-state index is 13.6. The Bertz CT molecular complexity index is 1540. The molecular weight excluding hydrogens is 472 g/mol. The lowest BCUT2D eigenvalue weighted by molar-refractivity contribution is -0.118. The van der Waals surface area contributed by atoms with E-state index in [9.17, 15) is 9.59 Å². The van der Waals surface area contributed by atoms with Crippen LogP contribution in [0.2, 0.25) is 0 Å². The number of benzene rings is 2. The van der Waals surface area contributed by atoms with Gasteiger partial charge in [-0.2, -0.15) is 9.78 Å². The molecule has 2 aliphatic rings. The molecule has 36 heavy (non-hydrogen) atoms. The molecule has 3 heterocycles. The van der Waals surface area contributed by atoms with Crippen molar-refractivity contribution in [1.29, 1.82) is 0 Å². The van der Waals surface area contributed by atoms with Crippen molar-refractivity contribution in [1.82, 2.24) is 14.8 Å². The van der Waals surface area contributed by atoms with Gasteiger partial charge in [0.25, 0.3) is 0 Å². The van der Waals surface area contributed by atoms with Gasteiger partial charge in [-0.25, -0.2) is 9.78 Å². The number of anilines is 1. The molecule has 1 aliphatic heterocycles. The summed E-state index contributed by atoms with van der Waals surface area (Å²) < 4.78 is 7.84. The van der Waals surface area contributed by atoms with E-state index in [-0.39, 0.29) is 23.1 Å². The van der Waals surface area contributed by atoms with E-state index in [2.05, 4.69) is 25.2 Å². The summed E-state index contributed by atoms with van der Waals surface area (Å²) in [5.74, 6) is 0.323. The Morgan fingerprint density at radius 3 is 2.61 bits per heavy atom. The summed E-state index contributed by atoms with van der Waals surface area (Å²) in [6.07, 6.45) is 1.25. The third-order valence-corrected chi connectivity index (χ3v) is 8.01. The lowest BCUT2D eigenvalue weighted by atomic mass is 9.69. The number of fused-ring (bicyclic) bond motifs is 2. The number of aryl methyl sites for hydroxylation is 1. The number of carbonyl (C=O) groups excluding carboxylic acids is 2. The molecule has 0 fully saturated rings. The number of carbonyl (C=O) groups is 2. The number of Topliss-reactive ketones (excluding diaryl/α,β-unsaturated/α-hetero) is 1. The molecule has 182 valence electrons. The molecule has 8 heteroatoms. The molecule has 2 aromatic heterocycles. The number of allylic oxidation sites excluding steroid dienone is 2. The molecule has 0 amide bonds. The van der Waals surface area contributed by atoms with Crippen LogP contribution in [0.15, 0.2) is 59.8 Å². The van der Waals surface area contributed by atoms with Crippen LogP contribution < -0.4 is 5.32 Å². The predicted octanol–water partition coefficient (Wildman–Crippen LogP) is 5.78. The number of nitrogens with zero attached hydrogens (tertiary/aromatic N) is 3. The van der Waals surface area contributed by atoms with Crippen LogP contribution >= 0.6 is 11.3 Å². The van der Waals surface area contributed by atoms with E-state index in [0.29, 0.717) is 12.0 Å². The highest BCUT2D eigenvalue weighted by Crippen LogP contribution is 2.50. The topological polar surface area (TPSA) is 86.1 Å².